The second-order valence-electron chi connectivity index (χ2n) is 9.54. The van der Waals surface area contributed by atoms with Gasteiger partial charge in [-0.2, -0.15) is 4.98 Å². The van der Waals surface area contributed by atoms with Crippen LogP contribution in [0.2, 0.25) is 18.1 Å². The van der Waals surface area contributed by atoms with Gasteiger partial charge in [0.1, 0.15) is 12.2 Å². The third-order valence-electron chi connectivity index (χ3n) is 6.21. The minimum absolute atomic E-state index is 0.0655. The van der Waals surface area contributed by atoms with Crippen LogP contribution in [0.5, 0.6) is 0 Å². The fraction of sp³-hybridized carbons (Fsp3) is 0.722. The first-order chi connectivity index (χ1) is 15.3. The quantitative estimate of drug-likeness (QED) is 0.401. The van der Waals surface area contributed by atoms with Crippen molar-refractivity contribution in [1.82, 2.24) is 19.5 Å². The molecule has 2 aromatic heterocycles. The average molecular weight is 554 g/mol. The Labute approximate surface area is 205 Å². The van der Waals surface area contributed by atoms with Gasteiger partial charge in [-0.15, -0.1) is 0 Å². The first kappa shape index (κ1) is 25.6. The van der Waals surface area contributed by atoms with Gasteiger partial charge in [-0.1, -0.05) is 43.5 Å². The summed E-state index contributed by atoms with van der Waals surface area (Å²) in [6.07, 6.45) is -2.80. The minimum atomic E-state index is -2.34. The molecule has 9 nitrogen and oxygen atoms in total. The number of nitrogen functional groups attached to an aromatic ring is 1. The average Bonchev–Trinajstić information content (AvgIpc) is 3.39. The van der Waals surface area contributed by atoms with Gasteiger partial charge >= 0.3 is 0 Å². The number of alkyl halides is 1. The molecule has 2 aliphatic heterocycles. The van der Waals surface area contributed by atoms with E-state index in [4.69, 9.17) is 31.2 Å². The summed E-state index contributed by atoms with van der Waals surface area (Å²) in [5.41, 5.74) is 5.44. The summed E-state index contributed by atoms with van der Waals surface area (Å²) in [7, 11) is -2.34. The summed E-state index contributed by atoms with van der Waals surface area (Å²) in [4.78, 5) is 22.8. The number of ether oxygens (including phenoxy) is 1. The predicted molar refractivity (Wildman–Crippen MR) is 139 cm³/mol. The van der Waals surface area contributed by atoms with Crippen LogP contribution in [-0.4, -0.2) is 64.3 Å². The molecular weight excluding hydrogens is 524 g/mol. The van der Waals surface area contributed by atoms with Crippen LogP contribution in [0.15, 0.2) is 11.1 Å². The summed E-state index contributed by atoms with van der Waals surface area (Å²) < 4.78 is 34.1. The van der Waals surface area contributed by atoms with E-state index in [0.717, 1.165) is 11.5 Å². The van der Waals surface area contributed by atoms with Crippen LogP contribution in [0.3, 0.4) is 0 Å². The van der Waals surface area contributed by atoms with Crippen molar-refractivity contribution in [2.24, 2.45) is 0 Å². The highest BCUT2D eigenvalue weighted by Crippen LogP contribution is 2.74. The number of hydrogen-bond donors (Lipinski definition) is 2. The standard InChI is InChI=1S/C18H29FN5O4PS3Si/c1-18(2,3)33(4,5)28-13-10(8-26-29(30)31-6-7-32-29)27-16(11(13)19)24-9-21-12-14(24)22-17(20)23-15(12)25/h9-11,13,16H,6-8H2,1-5H3,(H3,20,22,23,25)/t10-,11-,13-,16-/m1/s1. The van der Waals surface area contributed by atoms with Gasteiger partial charge in [-0.25, -0.2) is 9.37 Å². The van der Waals surface area contributed by atoms with E-state index in [-0.39, 0.29) is 28.8 Å². The number of aromatic nitrogens is 4. The summed E-state index contributed by atoms with van der Waals surface area (Å²) in [5, 5.41) is -0.120. The summed E-state index contributed by atoms with van der Waals surface area (Å²) >= 11 is 9.01. The lowest BCUT2D eigenvalue weighted by molar-refractivity contribution is -0.0378. The lowest BCUT2D eigenvalue weighted by Gasteiger charge is -2.39. The Morgan fingerprint density at radius 3 is 2.73 bits per heavy atom. The van der Waals surface area contributed by atoms with Crippen molar-refractivity contribution < 1.29 is 18.1 Å². The fourth-order valence-electron chi connectivity index (χ4n) is 3.41. The van der Waals surface area contributed by atoms with Gasteiger partial charge in [0.2, 0.25) is 5.95 Å². The van der Waals surface area contributed by atoms with Gasteiger partial charge in [0, 0.05) is 11.5 Å². The molecule has 2 saturated heterocycles. The molecule has 0 aromatic carbocycles. The van der Waals surface area contributed by atoms with Crippen molar-refractivity contribution in [3.8, 4) is 0 Å². The van der Waals surface area contributed by atoms with E-state index in [1.807, 2.05) is 0 Å². The summed E-state index contributed by atoms with van der Waals surface area (Å²) in [5.74, 6) is 1.83. The Balaban J connectivity index is 1.66. The molecule has 0 bridgehead atoms. The molecule has 0 aliphatic carbocycles. The van der Waals surface area contributed by atoms with Crippen molar-refractivity contribution in [2.45, 2.75) is 63.5 Å². The number of imidazole rings is 1. The van der Waals surface area contributed by atoms with E-state index in [1.165, 1.54) is 10.9 Å². The van der Waals surface area contributed by atoms with Gasteiger partial charge in [0.05, 0.1) is 12.9 Å². The maximum atomic E-state index is 16.0. The molecule has 0 saturated carbocycles. The van der Waals surface area contributed by atoms with Crippen molar-refractivity contribution in [3.63, 3.8) is 0 Å². The topological polar surface area (TPSA) is 117 Å². The maximum absolute atomic E-state index is 16.0. The molecule has 2 aliphatic rings. The first-order valence-electron chi connectivity index (χ1n) is 10.5. The Morgan fingerprint density at radius 1 is 1.42 bits per heavy atom. The lowest BCUT2D eigenvalue weighted by Crippen LogP contribution is -2.49. The molecule has 0 unspecified atom stereocenters. The van der Waals surface area contributed by atoms with E-state index in [0.29, 0.717) is 0 Å². The van der Waals surface area contributed by atoms with Crippen LogP contribution in [-0.2, 0) is 25.5 Å². The summed E-state index contributed by atoms with van der Waals surface area (Å²) in [6, 6.07) is 0. The van der Waals surface area contributed by atoms with E-state index in [2.05, 4.69) is 48.8 Å². The Morgan fingerprint density at radius 2 is 2.09 bits per heavy atom. The molecular formula is C18H29FN5O4PS3Si. The lowest BCUT2D eigenvalue weighted by atomic mass is 10.1. The number of nitrogens with zero attached hydrogens (tertiary/aromatic N) is 3. The molecule has 4 atom stereocenters. The molecule has 2 aromatic rings. The number of aromatic amines is 1. The SMILES string of the molecule is CC(C)(C)[Si](C)(C)O[C@H]1[C@@H](F)[C@H](n2cnc3c(=O)[nH]c(N)nc32)O[C@@H]1COP1(=S)SCCS1. The highest BCUT2D eigenvalue weighted by molar-refractivity contribution is 9.00. The minimum Gasteiger partial charge on any atom is -0.408 e. The van der Waals surface area contributed by atoms with Crippen LogP contribution in [0, 0.1) is 0 Å². The second-order valence-corrected chi connectivity index (χ2v) is 25.0. The monoisotopic (exact) mass is 553 g/mol. The molecule has 4 heterocycles. The molecule has 2 fully saturated rings. The maximum Gasteiger partial charge on any atom is 0.280 e. The Kier molecular flexibility index (Phi) is 7.14. The number of anilines is 1. The highest BCUT2D eigenvalue weighted by atomic mass is 33.2. The van der Waals surface area contributed by atoms with Crippen molar-refractivity contribution >= 4 is 64.7 Å². The first-order valence-corrected chi connectivity index (χ1v) is 19.4. The van der Waals surface area contributed by atoms with E-state index >= 15 is 4.39 Å². The van der Waals surface area contributed by atoms with E-state index in [1.54, 1.807) is 22.8 Å². The third-order valence-corrected chi connectivity index (χ3v) is 20.5. The number of H-pyrrole nitrogens is 1. The number of hydrogen-bond acceptors (Lipinski definition) is 10. The molecule has 0 spiro atoms. The van der Waals surface area contributed by atoms with Crippen molar-refractivity contribution in [3.05, 3.63) is 16.7 Å². The van der Waals surface area contributed by atoms with E-state index < -0.39 is 43.2 Å². The second kappa shape index (κ2) is 9.19. The zero-order valence-corrected chi connectivity index (χ0v) is 23.5. The van der Waals surface area contributed by atoms with Crippen LogP contribution in [0.1, 0.15) is 27.0 Å². The van der Waals surface area contributed by atoms with Crippen LogP contribution >= 0.6 is 27.4 Å². The number of nitrogens with one attached hydrogen (secondary N) is 1. The number of nitrogens with two attached hydrogens (primary N) is 1. The molecule has 3 N–H and O–H groups in total. The van der Waals surface area contributed by atoms with Gasteiger partial charge < -0.3 is 19.4 Å². The largest absolute Gasteiger partial charge is 0.408 e. The smallest absolute Gasteiger partial charge is 0.280 e. The summed E-state index contributed by atoms with van der Waals surface area (Å²) in [6.45, 7) is 10.6. The van der Waals surface area contributed by atoms with Gasteiger partial charge in [-0.05, 0) is 29.9 Å². The molecule has 184 valence electrons. The van der Waals surface area contributed by atoms with Crippen molar-refractivity contribution in [2.75, 3.05) is 23.8 Å². The molecule has 33 heavy (non-hydrogen) atoms. The van der Waals surface area contributed by atoms with Gasteiger partial charge in [-0.3, -0.25) is 14.3 Å². The number of halogens is 1. The Hall–Kier alpha value is -0.473. The van der Waals surface area contributed by atoms with Gasteiger partial charge in [0.15, 0.2) is 36.5 Å². The Bertz CT molecular complexity index is 1130. The van der Waals surface area contributed by atoms with Crippen LogP contribution in [0.25, 0.3) is 11.2 Å². The predicted octanol–water partition coefficient (Wildman–Crippen LogP) is 4.05. The van der Waals surface area contributed by atoms with Gasteiger partial charge in [0.25, 0.3) is 5.56 Å². The zero-order chi connectivity index (χ0) is 24.2. The fourth-order valence-corrected chi connectivity index (χ4v) is 13.6. The molecule has 15 heteroatoms. The third kappa shape index (κ3) is 5.08. The van der Waals surface area contributed by atoms with Crippen LogP contribution < -0.4 is 11.3 Å². The number of rotatable bonds is 6. The van der Waals surface area contributed by atoms with E-state index in [9.17, 15) is 4.79 Å². The molecule has 4 rings (SSSR count). The van der Waals surface area contributed by atoms with Crippen molar-refractivity contribution in [1.29, 1.82) is 0 Å². The highest BCUT2D eigenvalue weighted by Gasteiger charge is 2.52. The van der Waals surface area contributed by atoms with Crippen LogP contribution in [0.4, 0.5) is 10.3 Å². The molecule has 0 radical (unpaired) electrons. The normalized spacial score (nSPS) is 28.1. The zero-order valence-electron chi connectivity index (χ0n) is 19.1. The molecule has 0 amide bonds. The number of fused-ring (bicyclic) bond motifs is 1.